The van der Waals surface area contributed by atoms with Crippen LogP contribution in [-0.2, 0) is 4.84 Å². The number of unbranched alkanes of at least 4 members (excludes halogenated alkanes) is 2. The number of halogens is 4. The van der Waals surface area contributed by atoms with Gasteiger partial charge in [0.25, 0.3) is 0 Å². The lowest BCUT2D eigenvalue weighted by Crippen LogP contribution is -2.15. The summed E-state index contributed by atoms with van der Waals surface area (Å²) in [7, 11) is 0. The van der Waals surface area contributed by atoms with Crippen molar-refractivity contribution in [3.05, 3.63) is 62.6 Å². The van der Waals surface area contributed by atoms with Gasteiger partial charge >= 0.3 is 0 Å². The molecule has 0 saturated carbocycles. The van der Waals surface area contributed by atoms with E-state index in [-0.39, 0.29) is 16.7 Å². The van der Waals surface area contributed by atoms with Crippen LogP contribution in [0.5, 0.6) is 17.2 Å². The maximum absolute atomic E-state index is 6.27. The summed E-state index contributed by atoms with van der Waals surface area (Å²) in [5, 5.41) is 4.75. The minimum atomic E-state index is -0.305. The molecule has 0 amide bonds. The van der Waals surface area contributed by atoms with Crippen molar-refractivity contribution >= 4 is 52.6 Å². The molecule has 0 N–H and O–H groups in total. The molecule has 0 unspecified atom stereocenters. The highest BCUT2D eigenvalue weighted by molar-refractivity contribution is 6.55. The van der Waals surface area contributed by atoms with E-state index in [9.17, 15) is 0 Å². The first kappa shape index (κ1) is 28.4. The molecule has 2 rings (SSSR count). The van der Waals surface area contributed by atoms with Crippen molar-refractivity contribution in [1.29, 1.82) is 0 Å². The van der Waals surface area contributed by atoms with Gasteiger partial charge in [-0.3, -0.25) is 0 Å². The monoisotopic (exact) mass is 547 g/mol. The summed E-state index contributed by atoms with van der Waals surface area (Å²) in [5.41, 5.74) is 0.641. The summed E-state index contributed by atoms with van der Waals surface area (Å²) < 4.78 is 17.2. The Balaban J connectivity index is 1.65. The van der Waals surface area contributed by atoms with E-state index in [1.807, 2.05) is 45.0 Å². The second-order valence-electron chi connectivity index (χ2n) is 8.29. The molecule has 0 aliphatic rings. The SMILES string of the molecule is CC(C)(C)ON=Cc1ccc(OCCCCCOc2c(Cl)cc(OCC=C(Cl)Cl)cc2Cl)cc1. The standard InChI is InChI=1S/C25H29Cl4NO4/c1-25(2,3)34-30-17-18-7-9-19(10-8-18)31-12-5-4-6-13-33-24-21(26)15-20(16-22(24)27)32-14-11-23(28)29/h7-11,15-17H,4-6,12-14H2,1-3H3. The largest absolute Gasteiger partial charge is 0.494 e. The van der Waals surface area contributed by atoms with E-state index < -0.39 is 0 Å². The number of oxime groups is 1. The zero-order valence-electron chi connectivity index (χ0n) is 19.5. The van der Waals surface area contributed by atoms with Crippen LogP contribution in [0.25, 0.3) is 0 Å². The fourth-order valence-corrected chi connectivity index (χ4v) is 3.30. The van der Waals surface area contributed by atoms with Crippen LogP contribution in [0.2, 0.25) is 10.0 Å². The third-order valence-electron chi connectivity index (χ3n) is 4.17. The molecular formula is C25H29Cl4NO4. The zero-order chi connectivity index (χ0) is 25.0. The van der Waals surface area contributed by atoms with E-state index in [1.54, 1.807) is 18.3 Å². The maximum atomic E-state index is 6.27. The molecule has 0 atom stereocenters. The number of nitrogens with zero attached hydrogens (tertiary/aromatic N) is 1. The Morgan fingerprint density at radius 1 is 0.853 bits per heavy atom. The first-order valence-electron chi connectivity index (χ1n) is 10.8. The summed E-state index contributed by atoms with van der Waals surface area (Å²) in [6, 6.07) is 11.0. The number of ether oxygens (including phenoxy) is 3. The predicted molar refractivity (Wildman–Crippen MR) is 141 cm³/mol. The van der Waals surface area contributed by atoms with Gasteiger partial charge in [-0.1, -0.05) is 51.6 Å². The highest BCUT2D eigenvalue weighted by Gasteiger charge is 2.11. The first-order valence-corrected chi connectivity index (χ1v) is 12.4. The second kappa shape index (κ2) is 14.6. The number of rotatable bonds is 13. The molecule has 186 valence electrons. The molecule has 2 aromatic rings. The van der Waals surface area contributed by atoms with Crippen LogP contribution in [-0.4, -0.2) is 31.6 Å². The van der Waals surface area contributed by atoms with E-state index in [4.69, 9.17) is 65.5 Å². The molecule has 0 fully saturated rings. The average Bonchev–Trinajstić information content (AvgIpc) is 2.74. The van der Waals surface area contributed by atoms with Crippen LogP contribution in [0.4, 0.5) is 0 Å². The van der Waals surface area contributed by atoms with Crippen LogP contribution in [0.1, 0.15) is 45.6 Å². The predicted octanol–water partition coefficient (Wildman–Crippen LogP) is 8.47. The number of hydrogen-bond donors (Lipinski definition) is 0. The lowest BCUT2D eigenvalue weighted by atomic mass is 10.2. The highest BCUT2D eigenvalue weighted by Crippen LogP contribution is 2.37. The minimum Gasteiger partial charge on any atom is -0.494 e. The fraction of sp³-hybridized carbons (Fsp3) is 0.400. The molecule has 5 nitrogen and oxygen atoms in total. The zero-order valence-corrected chi connectivity index (χ0v) is 22.5. The molecule has 0 aromatic heterocycles. The molecule has 0 aliphatic carbocycles. The van der Waals surface area contributed by atoms with Gasteiger partial charge in [-0.15, -0.1) is 0 Å². The molecule has 2 aromatic carbocycles. The summed E-state index contributed by atoms with van der Waals surface area (Å²) in [4.78, 5) is 5.34. The van der Waals surface area contributed by atoms with Crippen molar-refractivity contribution in [2.75, 3.05) is 19.8 Å². The van der Waals surface area contributed by atoms with E-state index >= 15 is 0 Å². The van der Waals surface area contributed by atoms with E-state index in [1.165, 1.54) is 6.08 Å². The highest BCUT2D eigenvalue weighted by atomic mass is 35.5. The molecule has 0 radical (unpaired) electrons. The van der Waals surface area contributed by atoms with E-state index in [2.05, 4.69) is 5.16 Å². The molecule has 0 aliphatic heterocycles. The first-order chi connectivity index (χ1) is 16.1. The van der Waals surface area contributed by atoms with Gasteiger partial charge in [-0.05, 0) is 75.9 Å². The van der Waals surface area contributed by atoms with Gasteiger partial charge in [0.2, 0.25) is 0 Å². The van der Waals surface area contributed by atoms with Crippen molar-refractivity contribution in [1.82, 2.24) is 0 Å². The Labute approximate surface area is 221 Å². The average molecular weight is 549 g/mol. The Bertz CT molecular complexity index is 929. The minimum absolute atomic E-state index is 0.132. The number of benzene rings is 2. The molecule has 0 spiro atoms. The summed E-state index contributed by atoms with van der Waals surface area (Å²) in [6.07, 6.45) is 5.89. The van der Waals surface area contributed by atoms with Crippen LogP contribution < -0.4 is 14.2 Å². The Hall–Kier alpha value is -1.79. The van der Waals surface area contributed by atoms with E-state index in [0.29, 0.717) is 34.8 Å². The molecule has 0 heterocycles. The fourth-order valence-electron chi connectivity index (χ4n) is 2.60. The van der Waals surface area contributed by atoms with Crippen molar-refractivity contribution in [3.63, 3.8) is 0 Å². The summed E-state index contributed by atoms with van der Waals surface area (Å²) >= 11 is 23.7. The van der Waals surface area contributed by atoms with Crippen LogP contribution in [0.3, 0.4) is 0 Å². The summed E-state index contributed by atoms with van der Waals surface area (Å²) in [5.74, 6) is 1.76. The molecule has 34 heavy (non-hydrogen) atoms. The van der Waals surface area contributed by atoms with Gasteiger partial charge in [-0.2, -0.15) is 0 Å². The van der Waals surface area contributed by atoms with Gasteiger partial charge in [0.15, 0.2) is 5.75 Å². The Morgan fingerprint density at radius 3 is 2.06 bits per heavy atom. The lowest BCUT2D eigenvalue weighted by Gasteiger charge is -2.14. The Morgan fingerprint density at radius 2 is 1.47 bits per heavy atom. The maximum Gasteiger partial charge on any atom is 0.156 e. The van der Waals surface area contributed by atoms with Gasteiger partial charge in [0.1, 0.15) is 28.2 Å². The molecule has 9 heteroatoms. The smallest absolute Gasteiger partial charge is 0.156 e. The van der Waals surface area contributed by atoms with E-state index in [0.717, 1.165) is 30.6 Å². The lowest BCUT2D eigenvalue weighted by molar-refractivity contribution is 0.00199. The normalized spacial score (nSPS) is 11.4. The van der Waals surface area contributed by atoms with Crippen molar-refractivity contribution in [3.8, 4) is 17.2 Å². The summed E-state index contributed by atoms with van der Waals surface area (Å²) in [6.45, 7) is 7.18. The second-order valence-corrected chi connectivity index (χ2v) is 10.1. The van der Waals surface area contributed by atoms with Crippen molar-refractivity contribution in [2.45, 2.75) is 45.6 Å². The van der Waals surface area contributed by atoms with Crippen molar-refractivity contribution < 1.29 is 19.0 Å². The quantitative estimate of drug-likeness (QED) is 0.143. The topological polar surface area (TPSA) is 49.3 Å². The van der Waals surface area contributed by atoms with Gasteiger partial charge in [0, 0.05) is 12.1 Å². The van der Waals surface area contributed by atoms with Gasteiger partial charge in [-0.25, -0.2) is 0 Å². The third-order valence-corrected chi connectivity index (χ3v) is 5.04. The third kappa shape index (κ3) is 11.6. The van der Waals surface area contributed by atoms with Crippen LogP contribution in [0, 0.1) is 0 Å². The molecular weight excluding hydrogens is 520 g/mol. The van der Waals surface area contributed by atoms with Crippen LogP contribution in [0.15, 0.2) is 52.1 Å². The van der Waals surface area contributed by atoms with Crippen molar-refractivity contribution in [2.24, 2.45) is 5.16 Å². The van der Waals surface area contributed by atoms with Gasteiger partial charge < -0.3 is 19.0 Å². The Kier molecular flexibility index (Phi) is 12.2. The molecule has 0 bridgehead atoms. The number of hydrogen-bond acceptors (Lipinski definition) is 5. The molecule has 0 saturated heterocycles. The van der Waals surface area contributed by atoms with Gasteiger partial charge in [0.05, 0.1) is 29.5 Å². The van der Waals surface area contributed by atoms with Crippen LogP contribution >= 0.6 is 46.4 Å².